The van der Waals surface area contributed by atoms with E-state index in [-0.39, 0.29) is 24.9 Å². The summed E-state index contributed by atoms with van der Waals surface area (Å²) < 4.78 is 7.29. The largest absolute Gasteiger partial charge is 0.494 e. The Morgan fingerprint density at radius 1 is 1.19 bits per heavy atom. The second-order valence-electron chi connectivity index (χ2n) is 6.58. The van der Waals surface area contributed by atoms with Crippen molar-refractivity contribution >= 4 is 11.8 Å². The van der Waals surface area contributed by atoms with Crippen molar-refractivity contribution in [2.24, 2.45) is 7.05 Å². The monoisotopic (exact) mass is 371 g/mol. The molecule has 2 N–H and O–H groups in total. The van der Waals surface area contributed by atoms with E-state index in [9.17, 15) is 9.59 Å². The van der Waals surface area contributed by atoms with E-state index in [2.05, 4.69) is 20.8 Å². The molecule has 0 unspecified atom stereocenters. The van der Waals surface area contributed by atoms with Gasteiger partial charge in [-0.2, -0.15) is 0 Å². The van der Waals surface area contributed by atoms with Gasteiger partial charge in [0.15, 0.2) is 5.82 Å². The zero-order chi connectivity index (χ0) is 19.2. The Bertz CT molecular complexity index is 796. The number of aromatic nitrogens is 3. The molecule has 1 aromatic carbocycles. The van der Waals surface area contributed by atoms with Gasteiger partial charge in [-0.15, -0.1) is 10.2 Å². The first-order chi connectivity index (χ1) is 13.1. The summed E-state index contributed by atoms with van der Waals surface area (Å²) in [6.45, 7) is 2.65. The predicted octanol–water partition coefficient (Wildman–Crippen LogP) is 1.53. The lowest BCUT2D eigenvalue weighted by Gasteiger charge is -2.24. The summed E-state index contributed by atoms with van der Waals surface area (Å²) in [4.78, 5) is 24.1. The van der Waals surface area contributed by atoms with Crippen LogP contribution in [0.1, 0.15) is 54.1 Å². The first-order valence-electron chi connectivity index (χ1n) is 9.24. The van der Waals surface area contributed by atoms with Crippen LogP contribution in [0.25, 0.3) is 0 Å². The number of hydrogen-bond acceptors (Lipinski definition) is 5. The number of carbonyl (C=O) groups is 2. The molecule has 2 amide bonds. The van der Waals surface area contributed by atoms with Crippen LogP contribution in [0.2, 0.25) is 0 Å². The van der Waals surface area contributed by atoms with Crippen molar-refractivity contribution in [1.29, 1.82) is 0 Å². The van der Waals surface area contributed by atoms with E-state index in [0.717, 1.165) is 18.7 Å². The van der Waals surface area contributed by atoms with Crippen LogP contribution in [0.3, 0.4) is 0 Å². The van der Waals surface area contributed by atoms with Crippen LogP contribution in [0, 0.1) is 0 Å². The SMILES string of the molecule is CCOc1ccc(C(=O)NCC(=O)NCc2nnc(C3CCC3)n2C)cc1. The first-order valence-corrected chi connectivity index (χ1v) is 9.24. The fourth-order valence-electron chi connectivity index (χ4n) is 2.92. The van der Waals surface area contributed by atoms with E-state index in [4.69, 9.17) is 4.74 Å². The van der Waals surface area contributed by atoms with Crippen molar-refractivity contribution < 1.29 is 14.3 Å². The van der Waals surface area contributed by atoms with Crippen LogP contribution in [-0.2, 0) is 18.4 Å². The van der Waals surface area contributed by atoms with Gasteiger partial charge >= 0.3 is 0 Å². The number of nitrogens with zero attached hydrogens (tertiary/aromatic N) is 3. The van der Waals surface area contributed by atoms with E-state index in [0.29, 0.717) is 29.7 Å². The highest BCUT2D eigenvalue weighted by Crippen LogP contribution is 2.34. The number of amides is 2. The van der Waals surface area contributed by atoms with Gasteiger partial charge in [0.05, 0.1) is 19.7 Å². The van der Waals surface area contributed by atoms with Crippen LogP contribution >= 0.6 is 0 Å². The van der Waals surface area contributed by atoms with E-state index < -0.39 is 0 Å². The third-order valence-corrected chi connectivity index (χ3v) is 4.75. The predicted molar refractivity (Wildman–Crippen MR) is 99.4 cm³/mol. The highest BCUT2D eigenvalue weighted by molar-refractivity contribution is 5.96. The summed E-state index contributed by atoms with van der Waals surface area (Å²) in [6.07, 6.45) is 3.53. The lowest BCUT2D eigenvalue weighted by atomic mass is 9.85. The van der Waals surface area contributed by atoms with Gasteiger partial charge in [-0.25, -0.2) is 0 Å². The maximum atomic E-state index is 12.1. The van der Waals surface area contributed by atoms with Crippen molar-refractivity contribution in [2.45, 2.75) is 38.6 Å². The molecule has 0 spiro atoms. The maximum Gasteiger partial charge on any atom is 0.251 e. The smallest absolute Gasteiger partial charge is 0.251 e. The fourth-order valence-corrected chi connectivity index (χ4v) is 2.92. The molecule has 0 saturated heterocycles. The number of hydrogen-bond donors (Lipinski definition) is 2. The summed E-state index contributed by atoms with van der Waals surface area (Å²) in [6, 6.07) is 6.79. The Hall–Kier alpha value is -2.90. The molecule has 0 aliphatic heterocycles. The molecular formula is C19H25N5O3. The van der Waals surface area contributed by atoms with Crippen molar-refractivity contribution in [3.8, 4) is 5.75 Å². The second kappa shape index (κ2) is 8.66. The van der Waals surface area contributed by atoms with Crippen LogP contribution in [0.15, 0.2) is 24.3 Å². The van der Waals surface area contributed by atoms with Gasteiger partial charge in [0, 0.05) is 18.5 Å². The van der Waals surface area contributed by atoms with Crippen LogP contribution < -0.4 is 15.4 Å². The fraction of sp³-hybridized carbons (Fsp3) is 0.474. The van der Waals surface area contributed by atoms with Crippen LogP contribution in [-0.4, -0.2) is 39.7 Å². The van der Waals surface area contributed by atoms with E-state index in [1.165, 1.54) is 6.42 Å². The summed E-state index contributed by atoms with van der Waals surface area (Å²) in [5.74, 6) is 2.30. The molecule has 3 rings (SSSR count). The lowest BCUT2D eigenvalue weighted by molar-refractivity contribution is -0.120. The normalized spacial score (nSPS) is 13.7. The number of benzene rings is 1. The number of carbonyl (C=O) groups excluding carboxylic acids is 2. The molecule has 1 aliphatic carbocycles. The van der Waals surface area contributed by atoms with Crippen molar-refractivity contribution in [2.75, 3.05) is 13.2 Å². The van der Waals surface area contributed by atoms with Crippen molar-refractivity contribution in [3.63, 3.8) is 0 Å². The molecule has 1 fully saturated rings. The van der Waals surface area contributed by atoms with Gasteiger partial charge in [-0.3, -0.25) is 9.59 Å². The van der Waals surface area contributed by atoms with Gasteiger partial charge in [0.25, 0.3) is 5.91 Å². The number of nitrogens with one attached hydrogen (secondary N) is 2. The zero-order valence-electron chi connectivity index (χ0n) is 15.7. The zero-order valence-corrected chi connectivity index (χ0v) is 15.7. The summed E-state index contributed by atoms with van der Waals surface area (Å²) >= 11 is 0. The molecule has 1 saturated carbocycles. The maximum absolute atomic E-state index is 12.1. The Kier molecular flexibility index (Phi) is 6.05. The van der Waals surface area contributed by atoms with E-state index >= 15 is 0 Å². The molecule has 144 valence electrons. The number of ether oxygens (including phenoxy) is 1. The minimum Gasteiger partial charge on any atom is -0.494 e. The molecule has 1 aromatic heterocycles. The lowest BCUT2D eigenvalue weighted by Crippen LogP contribution is -2.37. The molecule has 8 nitrogen and oxygen atoms in total. The quantitative estimate of drug-likeness (QED) is 0.733. The molecule has 0 bridgehead atoms. The topological polar surface area (TPSA) is 98.1 Å². The highest BCUT2D eigenvalue weighted by Gasteiger charge is 2.25. The van der Waals surface area contributed by atoms with Crippen molar-refractivity contribution in [3.05, 3.63) is 41.5 Å². The van der Waals surface area contributed by atoms with E-state index in [1.807, 2.05) is 18.5 Å². The van der Waals surface area contributed by atoms with Gasteiger partial charge in [-0.05, 0) is 44.0 Å². The third-order valence-electron chi connectivity index (χ3n) is 4.75. The number of rotatable bonds is 8. The van der Waals surface area contributed by atoms with Crippen molar-refractivity contribution in [1.82, 2.24) is 25.4 Å². The first kappa shape index (κ1) is 18.9. The van der Waals surface area contributed by atoms with Gasteiger partial charge < -0.3 is 19.9 Å². The molecule has 2 aromatic rings. The average Bonchev–Trinajstić information content (AvgIpc) is 2.98. The third kappa shape index (κ3) is 4.64. The average molecular weight is 371 g/mol. The summed E-state index contributed by atoms with van der Waals surface area (Å²) in [7, 11) is 1.92. The Balaban J connectivity index is 1.44. The van der Waals surface area contributed by atoms with Gasteiger partial charge in [0.1, 0.15) is 11.6 Å². The Morgan fingerprint density at radius 3 is 2.56 bits per heavy atom. The molecule has 0 radical (unpaired) electrons. The van der Waals surface area contributed by atoms with Crippen LogP contribution in [0.5, 0.6) is 5.75 Å². The summed E-state index contributed by atoms with van der Waals surface area (Å²) in [5.41, 5.74) is 0.477. The van der Waals surface area contributed by atoms with Gasteiger partial charge in [0.2, 0.25) is 5.91 Å². The van der Waals surface area contributed by atoms with E-state index in [1.54, 1.807) is 24.3 Å². The molecule has 1 heterocycles. The summed E-state index contributed by atoms with van der Waals surface area (Å²) in [5, 5.41) is 13.8. The molecule has 1 aliphatic rings. The van der Waals surface area contributed by atoms with Gasteiger partial charge in [-0.1, -0.05) is 6.42 Å². The Morgan fingerprint density at radius 2 is 1.93 bits per heavy atom. The second-order valence-corrected chi connectivity index (χ2v) is 6.58. The molecule has 27 heavy (non-hydrogen) atoms. The standard InChI is InChI=1S/C19H25N5O3/c1-3-27-15-9-7-14(8-10-15)19(26)21-12-17(25)20-11-16-22-23-18(24(16)2)13-5-4-6-13/h7-10,13H,3-6,11-12H2,1-2H3,(H,20,25)(H,21,26). The minimum atomic E-state index is -0.306. The molecular weight excluding hydrogens is 346 g/mol. The molecule has 8 heteroatoms. The Labute approximate surface area is 158 Å². The highest BCUT2D eigenvalue weighted by atomic mass is 16.5. The van der Waals surface area contributed by atoms with Crippen LogP contribution in [0.4, 0.5) is 0 Å². The minimum absolute atomic E-state index is 0.0978. The molecule has 0 atom stereocenters.